The lowest BCUT2D eigenvalue weighted by atomic mass is 10.00. The lowest BCUT2D eigenvalue weighted by Crippen LogP contribution is -2.06. The Bertz CT molecular complexity index is 1220. The Hall–Kier alpha value is -3.93. The van der Waals surface area contributed by atoms with Gasteiger partial charge >= 0.3 is 0 Å². The molecule has 6 heteroatoms. The molecule has 0 spiro atoms. The predicted molar refractivity (Wildman–Crippen MR) is 120 cm³/mol. The summed E-state index contributed by atoms with van der Waals surface area (Å²) < 4.78 is 16.7. The van der Waals surface area contributed by atoms with Crippen LogP contribution in [0.5, 0.6) is 11.5 Å². The summed E-state index contributed by atoms with van der Waals surface area (Å²) in [6.45, 7) is 1.04. The minimum Gasteiger partial charge on any atom is -0.497 e. The monoisotopic (exact) mass is 414 g/mol. The third-order valence-electron chi connectivity index (χ3n) is 5.60. The van der Waals surface area contributed by atoms with Gasteiger partial charge in [0.1, 0.15) is 23.9 Å². The van der Waals surface area contributed by atoms with Gasteiger partial charge in [-0.05, 0) is 30.3 Å². The molecule has 0 aromatic heterocycles. The number of rotatable bonds is 5. The van der Waals surface area contributed by atoms with Crippen LogP contribution in [-0.4, -0.2) is 20.1 Å². The molecule has 0 radical (unpaired) electrons. The van der Waals surface area contributed by atoms with Crippen LogP contribution in [0.15, 0.2) is 60.7 Å². The maximum Gasteiger partial charge on any atom is 0.260 e. The number of methoxy groups -OCH3 is 2. The molecular weight excluding hydrogens is 392 g/mol. The molecule has 1 amide bonds. The van der Waals surface area contributed by atoms with Gasteiger partial charge in [-0.3, -0.25) is 4.79 Å². The van der Waals surface area contributed by atoms with Crippen molar-refractivity contribution in [1.82, 2.24) is 0 Å². The third-order valence-corrected chi connectivity index (χ3v) is 5.60. The lowest BCUT2D eigenvalue weighted by molar-refractivity contribution is -0.110. The summed E-state index contributed by atoms with van der Waals surface area (Å²) in [7, 11) is 3.28. The van der Waals surface area contributed by atoms with Crippen molar-refractivity contribution in [3.8, 4) is 11.5 Å². The number of hydrogen-bond donors (Lipinski definition) is 2. The number of hydrogen-bond acceptors (Lipinski definition) is 5. The van der Waals surface area contributed by atoms with Gasteiger partial charge in [0, 0.05) is 46.2 Å². The molecule has 0 saturated heterocycles. The molecule has 6 nitrogen and oxygen atoms in total. The molecule has 156 valence electrons. The summed E-state index contributed by atoms with van der Waals surface area (Å²) in [6, 6.07) is 19.5. The number of anilines is 2. The van der Waals surface area contributed by atoms with Gasteiger partial charge in [0.2, 0.25) is 0 Å². The summed E-state index contributed by atoms with van der Waals surface area (Å²) in [6.07, 6.45) is 0. The molecule has 3 aromatic carbocycles. The number of carbonyl (C=O) groups excluding carboxylic acids is 1. The highest BCUT2D eigenvalue weighted by atomic mass is 16.5. The molecule has 2 aliphatic heterocycles. The summed E-state index contributed by atoms with van der Waals surface area (Å²) in [4.78, 5) is 12.7. The Morgan fingerprint density at radius 3 is 2.71 bits per heavy atom. The van der Waals surface area contributed by atoms with E-state index in [2.05, 4.69) is 10.6 Å². The van der Waals surface area contributed by atoms with Crippen molar-refractivity contribution in [2.45, 2.75) is 13.2 Å². The Labute approximate surface area is 180 Å². The van der Waals surface area contributed by atoms with E-state index in [1.54, 1.807) is 14.2 Å². The van der Waals surface area contributed by atoms with Crippen LogP contribution in [0, 0.1) is 0 Å². The number of fused-ring (bicyclic) bond motifs is 2. The minimum atomic E-state index is -0.134. The largest absolute Gasteiger partial charge is 0.497 e. The molecule has 0 atom stereocenters. The number of nitrogens with one attached hydrogen (secondary N) is 2. The first-order chi connectivity index (χ1) is 15.2. The van der Waals surface area contributed by atoms with E-state index in [9.17, 15) is 4.79 Å². The second-order valence-corrected chi connectivity index (χ2v) is 7.40. The van der Waals surface area contributed by atoms with Crippen LogP contribution in [0.25, 0.3) is 11.3 Å². The van der Waals surface area contributed by atoms with E-state index in [0.29, 0.717) is 24.5 Å². The quantitative estimate of drug-likeness (QED) is 0.594. The predicted octanol–water partition coefficient (Wildman–Crippen LogP) is 4.67. The molecule has 0 fully saturated rings. The van der Waals surface area contributed by atoms with E-state index in [4.69, 9.17) is 14.2 Å². The molecule has 0 unspecified atom stereocenters. The van der Waals surface area contributed by atoms with E-state index < -0.39 is 0 Å². The number of benzene rings is 3. The lowest BCUT2D eigenvalue weighted by Gasteiger charge is -2.13. The van der Waals surface area contributed by atoms with Crippen LogP contribution in [-0.2, 0) is 22.7 Å². The average Bonchev–Trinajstić information content (AvgIpc) is 3.36. The SMILES string of the molecule is COc1ccc(CNc2ccc3c(c2)/C(=C2\C(=O)Nc4ccccc42)OC3)c(OC)c1. The van der Waals surface area contributed by atoms with E-state index in [-0.39, 0.29) is 5.91 Å². The molecule has 31 heavy (non-hydrogen) atoms. The fraction of sp³-hybridized carbons (Fsp3) is 0.160. The van der Waals surface area contributed by atoms with Gasteiger partial charge in [-0.1, -0.05) is 24.3 Å². The van der Waals surface area contributed by atoms with Gasteiger partial charge in [-0.2, -0.15) is 0 Å². The zero-order chi connectivity index (χ0) is 21.4. The van der Waals surface area contributed by atoms with Crippen molar-refractivity contribution < 1.29 is 19.0 Å². The fourth-order valence-electron chi connectivity index (χ4n) is 4.00. The summed E-state index contributed by atoms with van der Waals surface area (Å²) in [5, 5.41) is 6.37. The van der Waals surface area contributed by atoms with Crippen LogP contribution in [0.3, 0.4) is 0 Å². The molecular formula is C25H22N2O4. The zero-order valence-corrected chi connectivity index (χ0v) is 17.3. The summed E-state index contributed by atoms with van der Waals surface area (Å²) >= 11 is 0. The Morgan fingerprint density at radius 2 is 1.87 bits per heavy atom. The second kappa shape index (κ2) is 7.72. The Kier molecular flexibility index (Phi) is 4.75. The van der Waals surface area contributed by atoms with Gasteiger partial charge in [0.25, 0.3) is 5.91 Å². The van der Waals surface area contributed by atoms with E-state index in [1.165, 1.54) is 0 Å². The van der Waals surface area contributed by atoms with E-state index in [0.717, 1.165) is 45.1 Å². The van der Waals surface area contributed by atoms with E-state index >= 15 is 0 Å². The van der Waals surface area contributed by atoms with Crippen molar-refractivity contribution in [1.29, 1.82) is 0 Å². The standard InChI is InChI=1S/C25H22N2O4/c1-29-18-10-8-15(22(12-18)30-2)13-26-17-9-7-16-14-31-24(20(16)11-17)23-19-5-3-4-6-21(19)27-25(23)28/h3-12,26H,13-14H2,1-2H3,(H,27,28)/b24-23+. The first kappa shape index (κ1) is 19.1. The number of carbonyl (C=O) groups is 1. The average molecular weight is 414 g/mol. The van der Waals surface area contributed by atoms with Gasteiger partial charge in [-0.15, -0.1) is 0 Å². The molecule has 5 rings (SSSR count). The molecule has 0 aliphatic carbocycles. The molecule has 2 N–H and O–H groups in total. The smallest absolute Gasteiger partial charge is 0.260 e. The maximum absolute atomic E-state index is 12.7. The highest BCUT2D eigenvalue weighted by Crippen LogP contribution is 2.42. The molecule has 2 heterocycles. The van der Waals surface area contributed by atoms with Crippen LogP contribution < -0.4 is 20.1 Å². The van der Waals surface area contributed by atoms with Crippen LogP contribution in [0.2, 0.25) is 0 Å². The van der Waals surface area contributed by atoms with Crippen LogP contribution in [0.1, 0.15) is 22.3 Å². The van der Waals surface area contributed by atoms with Gasteiger partial charge in [-0.25, -0.2) is 0 Å². The summed E-state index contributed by atoms with van der Waals surface area (Å²) in [5.74, 6) is 2.01. The highest BCUT2D eigenvalue weighted by Gasteiger charge is 2.32. The number of ether oxygens (including phenoxy) is 3. The van der Waals surface area contributed by atoms with Crippen molar-refractivity contribution in [3.63, 3.8) is 0 Å². The Balaban J connectivity index is 1.45. The topological polar surface area (TPSA) is 68.8 Å². The zero-order valence-electron chi connectivity index (χ0n) is 17.3. The van der Waals surface area contributed by atoms with Crippen molar-refractivity contribution >= 4 is 28.6 Å². The normalized spacial score (nSPS) is 16.3. The fourth-order valence-corrected chi connectivity index (χ4v) is 4.00. The molecule has 2 aliphatic rings. The van der Waals surface area contributed by atoms with Crippen molar-refractivity contribution in [3.05, 3.63) is 82.9 Å². The first-order valence-electron chi connectivity index (χ1n) is 10.0. The molecule has 3 aromatic rings. The Morgan fingerprint density at radius 1 is 1.00 bits per heavy atom. The van der Waals surface area contributed by atoms with Crippen molar-refractivity contribution in [2.24, 2.45) is 0 Å². The van der Waals surface area contributed by atoms with E-state index in [1.807, 2.05) is 60.7 Å². The van der Waals surface area contributed by atoms with Crippen molar-refractivity contribution in [2.75, 3.05) is 24.9 Å². The number of para-hydroxylation sites is 1. The highest BCUT2D eigenvalue weighted by molar-refractivity contribution is 6.36. The minimum absolute atomic E-state index is 0.134. The first-order valence-corrected chi connectivity index (χ1v) is 10.0. The summed E-state index contributed by atoms with van der Waals surface area (Å²) in [5.41, 5.74) is 6.23. The second-order valence-electron chi connectivity index (χ2n) is 7.40. The van der Waals surface area contributed by atoms with Gasteiger partial charge in [0.15, 0.2) is 0 Å². The van der Waals surface area contributed by atoms with Crippen LogP contribution >= 0.6 is 0 Å². The van der Waals surface area contributed by atoms with Gasteiger partial charge < -0.3 is 24.8 Å². The maximum atomic E-state index is 12.7. The number of amides is 1. The molecule has 0 bridgehead atoms. The van der Waals surface area contributed by atoms with Gasteiger partial charge in [0.05, 0.1) is 19.8 Å². The molecule has 0 saturated carbocycles. The third kappa shape index (κ3) is 3.36. The van der Waals surface area contributed by atoms with Crippen LogP contribution in [0.4, 0.5) is 11.4 Å².